The summed E-state index contributed by atoms with van der Waals surface area (Å²) in [5, 5.41) is 3.99. The first-order valence-electron chi connectivity index (χ1n) is 8.25. The Kier molecular flexibility index (Phi) is 3.94. The van der Waals surface area contributed by atoms with Gasteiger partial charge in [-0.15, -0.1) is 0 Å². The quantitative estimate of drug-likeness (QED) is 0.509. The van der Waals surface area contributed by atoms with E-state index in [2.05, 4.69) is 28.6 Å². The number of sulfonamides is 1. The van der Waals surface area contributed by atoms with Crippen molar-refractivity contribution in [2.45, 2.75) is 57.0 Å². The van der Waals surface area contributed by atoms with Gasteiger partial charge in [0.05, 0.1) is 10.4 Å². The molecular weight excluding hydrogens is 324 g/mol. The highest BCUT2D eigenvalue weighted by Crippen LogP contribution is 2.67. The van der Waals surface area contributed by atoms with Gasteiger partial charge in [-0.2, -0.15) is 0 Å². The van der Waals surface area contributed by atoms with E-state index in [1.54, 1.807) is 24.3 Å². The molecule has 2 aliphatic carbocycles. The molecule has 6 nitrogen and oxygen atoms in total. The van der Waals surface area contributed by atoms with Crippen LogP contribution < -0.4 is 4.72 Å². The van der Waals surface area contributed by atoms with Gasteiger partial charge >= 0.3 is 0 Å². The first-order chi connectivity index (χ1) is 11.1. The first-order valence-corrected chi connectivity index (χ1v) is 9.74. The number of nitrogens with one attached hydrogen (secondary N) is 1. The monoisotopic (exact) mass is 348 g/mol. The molecule has 1 aromatic rings. The maximum Gasteiger partial charge on any atom is 0.240 e. The Bertz CT molecular complexity index is 796. The van der Waals surface area contributed by atoms with Crippen molar-refractivity contribution in [3.05, 3.63) is 40.3 Å². The van der Waals surface area contributed by atoms with Crippen LogP contribution in [0.2, 0.25) is 0 Å². The molecule has 0 spiro atoms. The minimum Gasteiger partial charge on any atom is -0.207 e. The van der Waals surface area contributed by atoms with E-state index in [4.69, 9.17) is 5.53 Å². The second-order valence-electron chi connectivity index (χ2n) is 8.01. The fraction of sp³-hybridized carbons (Fsp3) is 0.647. The van der Waals surface area contributed by atoms with Gasteiger partial charge in [-0.25, -0.2) is 13.1 Å². The van der Waals surface area contributed by atoms with Crippen LogP contribution in [-0.2, 0) is 10.0 Å². The molecule has 0 saturated heterocycles. The molecule has 0 aliphatic heterocycles. The Labute approximate surface area is 143 Å². The zero-order chi connectivity index (χ0) is 17.8. The predicted molar refractivity (Wildman–Crippen MR) is 92.8 cm³/mol. The van der Waals surface area contributed by atoms with Gasteiger partial charge in [0.15, 0.2) is 0 Å². The van der Waals surface area contributed by atoms with Crippen LogP contribution in [0.1, 0.15) is 39.2 Å². The average Bonchev–Trinajstić information content (AvgIpc) is 2.99. The van der Waals surface area contributed by atoms with Gasteiger partial charge in [0, 0.05) is 11.0 Å². The SMILES string of the molecule is Cc1ccc(S(=O)(=O)N[C@H]2C[C@@H]3[C@H](C[C@]2(C)N=[N+]=[N-])C3(C)C)cc1. The van der Waals surface area contributed by atoms with Crippen molar-refractivity contribution in [2.75, 3.05) is 0 Å². The minimum absolute atomic E-state index is 0.191. The lowest BCUT2D eigenvalue weighted by atomic mass is 9.80. The molecule has 2 aliphatic rings. The lowest BCUT2D eigenvalue weighted by molar-refractivity contribution is 0.248. The maximum absolute atomic E-state index is 12.7. The van der Waals surface area contributed by atoms with Gasteiger partial charge in [-0.3, -0.25) is 0 Å². The Balaban J connectivity index is 1.89. The van der Waals surface area contributed by atoms with E-state index < -0.39 is 15.6 Å². The predicted octanol–water partition coefficient (Wildman–Crippen LogP) is 3.78. The summed E-state index contributed by atoms with van der Waals surface area (Å²) in [6.07, 6.45) is 1.42. The number of hydrogen-bond acceptors (Lipinski definition) is 3. The van der Waals surface area contributed by atoms with Crippen LogP contribution in [0.5, 0.6) is 0 Å². The van der Waals surface area contributed by atoms with Crippen LogP contribution >= 0.6 is 0 Å². The molecule has 4 atom stereocenters. The van der Waals surface area contributed by atoms with E-state index in [1.165, 1.54) is 0 Å². The second-order valence-corrected chi connectivity index (χ2v) is 9.72. The van der Waals surface area contributed by atoms with E-state index in [1.807, 2.05) is 13.8 Å². The third-order valence-electron chi connectivity index (χ3n) is 6.06. The van der Waals surface area contributed by atoms with Crippen molar-refractivity contribution < 1.29 is 8.42 Å². The van der Waals surface area contributed by atoms with E-state index in [0.717, 1.165) is 12.0 Å². The first kappa shape index (κ1) is 17.3. The van der Waals surface area contributed by atoms with Crippen molar-refractivity contribution in [2.24, 2.45) is 22.4 Å². The molecule has 0 amide bonds. The van der Waals surface area contributed by atoms with Crippen LogP contribution in [0.3, 0.4) is 0 Å². The van der Waals surface area contributed by atoms with Gasteiger partial charge in [-0.1, -0.05) is 43.6 Å². The van der Waals surface area contributed by atoms with Crippen molar-refractivity contribution in [1.29, 1.82) is 0 Å². The zero-order valence-electron chi connectivity index (χ0n) is 14.5. The summed E-state index contributed by atoms with van der Waals surface area (Å²) in [4.78, 5) is 3.23. The molecular formula is C17H24N4O2S. The molecule has 0 unspecified atom stereocenters. The van der Waals surface area contributed by atoms with Crippen LogP contribution in [0.15, 0.2) is 34.3 Å². The smallest absolute Gasteiger partial charge is 0.207 e. The van der Waals surface area contributed by atoms with Gasteiger partial charge in [0.2, 0.25) is 10.0 Å². The van der Waals surface area contributed by atoms with Crippen molar-refractivity contribution >= 4 is 10.0 Å². The summed E-state index contributed by atoms with van der Waals surface area (Å²) in [6.45, 7) is 8.18. The summed E-state index contributed by atoms with van der Waals surface area (Å²) in [5.41, 5.74) is 9.42. The van der Waals surface area contributed by atoms with Gasteiger partial charge in [0.1, 0.15) is 0 Å². The lowest BCUT2D eigenvalue weighted by Gasteiger charge is -2.37. The van der Waals surface area contributed by atoms with E-state index >= 15 is 0 Å². The highest BCUT2D eigenvalue weighted by molar-refractivity contribution is 7.89. The lowest BCUT2D eigenvalue weighted by Crippen LogP contribution is -2.52. The molecule has 130 valence electrons. The molecule has 24 heavy (non-hydrogen) atoms. The Morgan fingerprint density at radius 1 is 1.21 bits per heavy atom. The van der Waals surface area contributed by atoms with Crippen LogP contribution in [0.25, 0.3) is 10.4 Å². The average molecular weight is 348 g/mol. The minimum atomic E-state index is -3.64. The fourth-order valence-corrected chi connectivity index (χ4v) is 5.54. The van der Waals surface area contributed by atoms with E-state index in [9.17, 15) is 8.42 Å². The number of rotatable bonds is 4. The third kappa shape index (κ3) is 2.81. The Hall–Kier alpha value is -1.56. The number of nitrogens with zero attached hydrogens (tertiary/aromatic N) is 3. The molecule has 2 saturated carbocycles. The molecule has 2 fully saturated rings. The summed E-state index contributed by atoms with van der Waals surface area (Å²) in [5.74, 6) is 0.971. The third-order valence-corrected chi connectivity index (χ3v) is 7.55. The number of hydrogen-bond donors (Lipinski definition) is 1. The normalized spacial score (nSPS) is 34.1. The molecule has 0 aromatic heterocycles. The maximum atomic E-state index is 12.7. The van der Waals surface area contributed by atoms with Crippen LogP contribution in [0, 0.1) is 24.2 Å². The Morgan fingerprint density at radius 2 is 1.83 bits per heavy atom. The molecule has 1 aromatic carbocycles. The molecule has 3 rings (SSSR count). The van der Waals surface area contributed by atoms with Crippen LogP contribution in [0.4, 0.5) is 0 Å². The number of aryl methyl sites for hydroxylation is 1. The number of benzene rings is 1. The standard InChI is InChI=1S/C17H24N4O2S/c1-11-5-7-12(8-6-11)24(22,23)19-15-9-13-14(16(13,2)3)10-17(15,4)20-21-18/h5-8,13-15,19H,9-10H2,1-4H3/t13-,14+,15+,17+/m1/s1. The van der Waals surface area contributed by atoms with Gasteiger partial charge in [-0.05, 0) is 54.7 Å². The second kappa shape index (κ2) is 5.48. The molecule has 0 radical (unpaired) electrons. The van der Waals surface area contributed by atoms with E-state index in [0.29, 0.717) is 18.3 Å². The molecule has 7 heteroatoms. The van der Waals surface area contributed by atoms with Gasteiger partial charge < -0.3 is 0 Å². The van der Waals surface area contributed by atoms with Gasteiger partial charge in [0.25, 0.3) is 0 Å². The number of azide groups is 1. The van der Waals surface area contributed by atoms with Crippen LogP contribution in [-0.4, -0.2) is 20.0 Å². The fourth-order valence-electron chi connectivity index (χ4n) is 4.19. The molecule has 0 heterocycles. The summed E-state index contributed by atoms with van der Waals surface area (Å²) in [6, 6.07) is 6.39. The highest BCUT2D eigenvalue weighted by atomic mass is 32.2. The highest BCUT2D eigenvalue weighted by Gasteiger charge is 2.64. The van der Waals surface area contributed by atoms with E-state index in [-0.39, 0.29) is 16.4 Å². The van der Waals surface area contributed by atoms with Crippen molar-refractivity contribution in [3.8, 4) is 0 Å². The zero-order valence-corrected chi connectivity index (χ0v) is 15.3. The summed E-state index contributed by atoms with van der Waals surface area (Å²) in [7, 11) is -3.64. The molecule has 1 N–H and O–H groups in total. The number of fused-ring (bicyclic) bond motifs is 1. The largest absolute Gasteiger partial charge is 0.240 e. The summed E-state index contributed by atoms with van der Waals surface area (Å²) < 4.78 is 28.3. The molecule has 0 bridgehead atoms. The topological polar surface area (TPSA) is 94.9 Å². The summed E-state index contributed by atoms with van der Waals surface area (Å²) >= 11 is 0. The van der Waals surface area contributed by atoms with Crippen molar-refractivity contribution in [3.63, 3.8) is 0 Å². The Morgan fingerprint density at radius 3 is 2.42 bits per heavy atom. The van der Waals surface area contributed by atoms with Crippen molar-refractivity contribution in [1.82, 2.24) is 4.72 Å².